The zero-order chi connectivity index (χ0) is 13.8. The smallest absolute Gasteiger partial charge is 0.176 e. The zero-order valence-corrected chi connectivity index (χ0v) is 11.6. The summed E-state index contributed by atoms with van der Waals surface area (Å²) in [5.41, 5.74) is 1.29. The molecule has 0 N–H and O–H groups in total. The van der Waals surface area contributed by atoms with Crippen LogP contribution in [0.2, 0.25) is 0 Å². The van der Waals surface area contributed by atoms with Crippen LogP contribution in [0, 0.1) is 17.2 Å². The number of carbonyl (C=O) groups is 1. The highest BCUT2D eigenvalue weighted by atomic mass is 16.1. The number of benzene rings is 1. The summed E-state index contributed by atoms with van der Waals surface area (Å²) in [5.74, 6) is 0.799. The maximum absolute atomic E-state index is 12.2. The lowest BCUT2D eigenvalue weighted by molar-refractivity contribution is 0.0779. The molecule has 1 aliphatic rings. The minimum atomic E-state index is 0.144. The van der Waals surface area contributed by atoms with Gasteiger partial charge in [0.1, 0.15) is 0 Å². The minimum absolute atomic E-state index is 0.144. The Balaban J connectivity index is 2.02. The van der Waals surface area contributed by atoms with Gasteiger partial charge >= 0.3 is 0 Å². The number of piperidine rings is 1. The highest BCUT2D eigenvalue weighted by molar-refractivity contribution is 5.97. The van der Waals surface area contributed by atoms with Crippen molar-refractivity contribution in [1.82, 2.24) is 4.90 Å². The van der Waals surface area contributed by atoms with Gasteiger partial charge in [0.05, 0.1) is 18.2 Å². The standard InChI is InChI=1S/C16H20N2O/c1-12-4-3-9-18(13(12)2)11-16(19)15-7-5-14(10-17)6-8-15/h5-8,12-13H,3-4,9,11H2,1-2H3. The average molecular weight is 256 g/mol. The first-order chi connectivity index (χ1) is 9.11. The Kier molecular flexibility index (Phi) is 4.34. The van der Waals surface area contributed by atoms with Crippen LogP contribution in [0.3, 0.4) is 0 Å². The van der Waals surface area contributed by atoms with Gasteiger partial charge in [-0.05, 0) is 44.4 Å². The molecule has 0 aromatic heterocycles. The monoisotopic (exact) mass is 256 g/mol. The van der Waals surface area contributed by atoms with E-state index in [1.807, 2.05) is 0 Å². The lowest BCUT2D eigenvalue weighted by Crippen LogP contribution is -2.44. The van der Waals surface area contributed by atoms with Crippen LogP contribution in [0.5, 0.6) is 0 Å². The summed E-state index contributed by atoms with van der Waals surface area (Å²) in [6.45, 7) is 5.95. The molecule has 100 valence electrons. The van der Waals surface area contributed by atoms with E-state index in [1.54, 1.807) is 24.3 Å². The van der Waals surface area contributed by atoms with Gasteiger partial charge in [0.15, 0.2) is 5.78 Å². The molecule has 0 bridgehead atoms. The van der Waals surface area contributed by atoms with Gasteiger partial charge in [-0.25, -0.2) is 0 Å². The molecule has 19 heavy (non-hydrogen) atoms. The van der Waals surface area contributed by atoms with E-state index in [0.717, 1.165) is 6.54 Å². The first-order valence-corrected chi connectivity index (χ1v) is 6.89. The Labute approximate surface area is 114 Å². The fourth-order valence-corrected chi connectivity index (χ4v) is 2.65. The molecule has 3 nitrogen and oxygen atoms in total. The van der Waals surface area contributed by atoms with Crippen molar-refractivity contribution < 1.29 is 4.79 Å². The Morgan fingerprint density at radius 1 is 1.37 bits per heavy atom. The highest BCUT2D eigenvalue weighted by Gasteiger charge is 2.26. The van der Waals surface area contributed by atoms with Crippen LogP contribution in [0.25, 0.3) is 0 Å². The van der Waals surface area contributed by atoms with Gasteiger partial charge in [0.25, 0.3) is 0 Å². The van der Waals surface area contributed by atoms with Crippen molar-refractivity contribution in [3.63, 3.8) is 0 Å². The second-order valence-electron chi connectivity index (χ2n) is 5.44. The maximum atomic E-state index is 12.2. The molecule has 1 fully saturated rings. The third-order valence-electron chi connectivity index (χ3n) is 4.19. The fraction of sp³-hybridized carbons (Fsp3) is 0.500. The van der Waals surface area contributed by atoms with Gasteiger partial charge in [-0.3, -0.25) is 9.69 Å². The molecule has 0 spiro atoms. The molecule has 1 saturated heterocycles. The molecule has 0 radical (unpaired) electrons. The molecule has 1 aromatic rings. The summed E-state index contributed by atoms with van der Waals surface area (Å²) >= 11 is 0. The van der Waals surface area contributed by atoms with Crippen LogP contribution in [0.4, 0.5) is 0 Å². The van der Waals surface area contributed by atoms with Crippen LogP contribution >= 0.6 is 0 Å². The molecule has 1 heterocycles. The summed E-state index contributed by atoms with van der Waals surface area (Å²) in [7, 11) is 0. The van der Waals surface area contributed by atoms with Crippen molar-refractivity contribution >= 4 is 5.78 Å². The largest absolute Gasteiger partial charge is 0.293 e. The topological polar surface area (TPSA) is 44.1 Å². The van der Waals surface area contributed by atoms with Crippen LogP contribution in [0.1, 0.15) is 42.6 Å². The molecule has 2 unspecified atom stereocenters. The van der Waals surface area contributed by atoms with Gasteiger partial charge in [-0.2, -0.15) is 5.26 Å². The Morgan fingerprint density at radius 2 is 2.05 bits per heavy atom. The van der Waals surface area contributed by atoms with Crippen LogP contribution in [-0.4, -0.2) is 29.8 Å². The predicted octanol–water partition coefficient (Wildman–Crippen LogP) is 2.86. The van der Waals surface area contributed by atoms with E-state index in [-0.39, 0.29) is 5.78 Å². The highest BCUT2D eigenvalue weighted by Crippen LogP contribution is 2.22. The molecule has 0 amide bonds. The van der Waals surface area contributed by atoms with E-state index >= 15 is 0 Å². The van der Waals surface area contributed by atoms with E-state index in [4.69, 9.17) is 5.26 Å². The second-order valence-corrected chi connectivity index (χ2v) is 5.44. The lowest BCUT2D eigenvalue weighted by atomic mass is 9.91. The Bertz CT molecular complexity index is 486. The van der Waals surface area contributed by atoms with Crippen LogP contribution in [-0.2, 0) is 0 Å². The SMILES string of the molecule is CC1CCCN(CC(=O)c2ccc(C#N)cc2)C1C. The molecular weight excluding hydrogens is 236 g/mol. The molecule has 2 atom stereocenters. The Hall–Kier alpha value is -1.66. The van der Waals surface area contributed by atoms with Crippen molar-refractivity contribution in [1.29, 1.82) is 5.26 Å². The summed E-state index contributed by atoms with van der Waals surface area (Å²) in [6, 6.07) is 9.44. The number of nitrogens with zero attached hydrogens (tertiary/aromatic N) is 2. The van der Waals surface area contributed by atoms with Crippen molar-refractivity contribution in [2.24, 2.45) is 5.92 Å². The number of carbonyl (C=O) groups excluding carboxylic acids is 1. The molecule has 0 saturated carbocycles. The van der Waals surface area contributed by atoms with Gasteiger partial charge in [0.2, 0.25) is 0 Å². The van der Waals surface area contributed by atoms with E-state index in [2.05, 4.69) is 24.8 Å². The van der Waals surface area contributed by atoms with E-state index in [0.29, 0.717) is 29.6 Å². The van der Waals surface area contributed by atoms with Crippen LogP contribution < -0.4 is 0 Å². The van der Waals surface area contributed by atoms with Gasteiger partial charge in [-0.15, -0.1) is 0 Å². The van der Waals surface area contributed by atoms with Crippen molar-refractivity contribution in [3.8, 4) is 6.07 Å². The quantitative estimate of drug-likeness (QED) is 0.781. The van der Waals surface area contributed by atoms with Gasteiger partial charge < -0.3 is 0 Å². The summed E-state index contributed by atoms with van der Waals surface area (Å²) < 4.78 is 0. The lowest BCUT2D eigenvalue weighted by Gasteiger charge is -2.37. The average Bonchev–Trinajstić information content (AvgIpc) is 2.44. The molecule has 0 aliphatic carbocycles. The van der Waals surface area contributed by atoms with E-state index in [9.17, 15) is 4.79 Å². The van der Waals surface area contributed by atoms with Crippen LogP contribution in [0.15, 0.2) is 24.3 Å². The maximum Gasteiger partial charge on any atom is 0.176 e. The second kappa shape index (κ2) is 5.99. The summed E-state index contributed by atoms with van der Waals surface area (Å²) in [4.78, 5) is 14.5. The third-order valence-corrected chi connectivity index (χ3v) is 4.19. The Morgan fingerprint density at radius 3 is 2.68 bits per heavy atom. The fourth-order valence-electron chi connectivity index (χ4n) is 2.65. The summed E-state index contributed by atoms with van der Waals surface area (Å²) in [5, 5.41) is 8.75. The van der Waals surface area contributed by atoms with Crippen molar-refractivity contribution in [2.45, 2.75) is 32.7 Å². The molecule has 3 heteroatoms. The number of hydrogen-bond acceptors (Lipinski definition) is 3. The normalized spacial score (nSPS) is 23.8. The number of Topliss-reactive ketones (excluding diaryl/α,β-unsaturated/α-hetero) is 1. The van der Waals surface area contributed by atoms with Crippen molar-refractivity contribution in [3.05, 3.63) is 35.4 Å². The predicted molar refractivity (Wildman–Crippen MR) is 74.9 cm³/mol. The molecular formula is C16H20N2O. The first-order valence-electron chi connectivity index (χ1n) is 6.89. The molecule has 1 aliphatic heterocycles. The van der Waals surface area contributed by atoms with E-state index in [1.165, 1.54) is 12.8 Å². The van der Waals surface area contributed by atoms with Gasteiger partial charge in [0, 0.05) is 11.6 Å². The number of ketones is 1. The third kappa shape index (κ3) is 3.21. The number of nitriles is 1. The number of rotatable bonds is 3. The summed E-state index contributed by atoms with van der Waals surface area (Å²) in [6.07, 6.45) is 2.43. The van der Waals surface area contributed by atoms with Crippen molar-refractivity contribution in [2.75, 3.05) is 13.1 Å². The van der Waals surface area contributed by atoms with Gasteiger partial charge in [-0.1, -0.05) is 19.1 Å². The first kappa shape index (κ1) is 13.8. The van der Waals surface area contributed by atoms with E-state index < -0.39 is 0 Å². The number of hydrogen-bond donors (Lipinski definition) is 0. The zero-order valence-electron chi connectivity index (χ0n) is 11.6. The molecule has 2 rings (SSSR count). The molecule has 1 aromatic carbocycles. The number of likely N-dealkylation sites (tertiary alicyclic amines) is 1. The minimum Gasteiger partial charge on any atom is -0.293 e.